The van der Waals surface area contributed by atoms with Gasteiger partial charge in [0.05, 0.1) is 10.6 Å². The van der Waals surface area contributed by atoms with Gasteiger partial charge in [0, 0.05) is 22.4 Å². The first-order valence-electron chi connectivity index (χ1n) is 7.27. The molecule has 5 heteroatoms. The summed E-state index contributed by atoms with van der Waals surface area (Å²) in [6.45, 7) is 1.54. The number of aldehydes is 1. The van der Waals surface area contributed by atoms with Gasteiger partial charge in [-0.25, -0.2) is 0 Å². The van der Waals surface area contributed by atoms with Gasteiger partial charge in [-0.2, -0.15) is 0 Å². The van der Waals surface area contributed by atoms with E-state index in [0.717, 1.165) is 16.3 Å². The lowest BCUT2D eigenvalue weighted by molar-refractivity contribution is 0.112. The second-order valence-corrected chi connectivity index (χ2v) is 6.38. The first kappa shape index (κ1) is 16.6. The molecule has 0 atom stereocenters. The van der Waals surface area contributed by atoms with Crippen molar-refractivity contribution in [1.82, 2.24) is 0 Å². The first-order chi connectivity index (χ1) is 11.4. The molecule has 1 radical (unpaired) electrons. The lowest BCUT2D eigenvalue weighted by atomic mass is 9.96. The number of hydrogen-bond acceptors (Lipinski definition) is 2. The first-order valence-corrected chi connectivity index (χ1v) is 8.03. The van der Waals surface area contributed by atoms with Crippen LogP contribution < -0.4 is 0 Å². The molecule has 3 aromatic rings. The molecule has 0 aliphatic heterocycles. The number of benzene rings is 3. The van der Waals surface area contributed by atoms with Crippen molar-refractivity contribution < 1.29 is 15.0 Å². The largest absolute Gasteiger partial charge is 0.507 e. The predicted molar refractivity (Wildman–Crippen MR) is 95.1 cm³/mol. The average molecular weight is 360 g/mol. The molecule has 0 aliphatic carbocycles. The number of halogens is 2. The van der Waals surface area contributed by atoms with E-state index in [-0.39, 0.29) is 28.3 Å². The summed E-state index contributed by atoms with van der Waals surface area (Å²) in [5.41, 5.74) is 1.28. The second kappa shape index (κ2) is 6.34. The van der Waals surface area contributed by atoms with Gasteiger partial charge in [0.25, 0.3) is 0 Å². The zero-order valence-corrected chi connectivity index (χ0v) is 14.3. The number of aromatic hydroxyl groups is 1. The topological polar surface area (TPSA) is 57.2 Å². The number of phenols is 1. The Morgan fingerprint density at radius 2 is 1.92 bits per heavy atom. The van der Waals surface area contributed by atoms with E-state index in [1.54, 1.807) is 6.07 Å². The highest BCUT2D eigenvalue weighted by Crippen LogP contribution is 2.41. The van der Waals surface area contributed by atoms with Gasteiger partial charge in [0.1, 0.15) is 5.75 Å². The van der Waals surface area contributed by atoms with Crippen molar-refractivity contribution >= 4 is 40.3 Å². The van der Waals surface area contributed by atoms with Crippen molar-refractivity contribution in [3.8, 4) is 11.5 Å². The van der Waals surface area contributed by atoms with Crippen LogP contribution in [-0.4, -0.2) is 11.4 Å². The van der Waals surface area contributed by atoms with Gasteiger partial charge in [-0.3, -0.25) is 9.90 Å². The van der Waals surface area contributed by atoms with Crippen molar-refractivity contribution in [2.45, 2.75) is 13.3 Å². The fourth-order valence-corrected chi connectivity index (χ4v) is 3.25. The van der Waals surface area contributed by atoms with Crippen molar-refractivity contribution in [1.29, 1.82) is 0 Å². The Kier molecular flexibility index (Phi) is 4.39. The zero-order chi connectivity index (χ0) is 17.4. The minimum absolute atomic E-state index is 0.0336. The summed E-state index contributed by atoms with van der Waals surface area (Å²) in [6.07, 6.45) is 0.688. The van der Waals surface area contributed by atoms with Crippen LogP contribution in [0.25, 0.3) is 10.8 Å². The van der Waals surface area contributed by atoms with Gasteiger partial charge in [-0.05, 0) is 29.5 Å². The van der Waals surface area contributed by atoms with Gasteiger partial charge < -0.3 is 5.11 Å². The highest BCUT2D eigenvalue weighted by atomic mass is 35.5. The Morgan fingerprint density at radius 1 is 1.17 bits per heavy atom. The van der Waals surface area contributed by atoms with E-state index in [1.807, 2.05) is 30.3 Å². The standard InChI is InChI=1S/C19H13Cl2O3/c1-10-15(9-22)18(23)14(19(24)17(10)21)8-11-5-6-13-12(7-11)3-2-4-16(13)20/h2-7,9,23H,8H2,1H3. The molecular formula is C19H13Cl2O3. The fraction of sp³-hybridized carbons (Fsp3) is 0.105. The number of carbonyl (C=O) groups excluding carboxylic acids is 1. The Labute approximate surface area is 149 Å². The molecule has 0 spiro atoms. The van der Waals surface area contributed by atoms with Crippen molar-refractivity contribution in [3.05, 3.63) is 68.7 Å². The monoisotopic (exact) mass is 359 g/mol. The van der Waals surface area contributed by atoms with Crippen LogP contribution in [-0.2, 0) is 11.5 Å². The summed E-state index contributed by atoms with van der Waals surface area (Å²) in [5.74, 6) is -0.758. The Bertz CT molecular complexity index is 965. The molecule has 0 saturated carbocycles. The van der Waals surface area contributed by atoms with E-state index in [0.29, 0.717) is 16.9 Å². The van der Waals surface area contributed by atoms with Crippen LogP contribution in [0.2, 0.25) is 10.0 Å². The molecule has 0 amide bonds. The van der Waals surface area contributed by atoms with Gasteiger partial charge in [-0.1, -0.05) is 53.5 Å². The number of rotatable bonds is 3. The molecule has 0 bridgehead atoms. The third-order valence-electron chi connectivity index (χ3n) is 4.14. The quantitative estimate of drug-likeness (QED) is 0.609. The predicted octanol–water partition coefficient (Wildman–Crippen LogP) is 5.71. The third kappa shape index (κ3) is 2.70. The summed E-state index contributed by atoms with van der Waals surface area (Å²) in [6, 6.07) is 11.2. The molecule has 0 heterocycles. The lowest BCUT2D eigenvalue weighted by Crippen LogP contribution is -1.97. The molecule has 0 aromatic heterocycles. The van der Waals surface area contributed by atoms with E-state index >= 15 is 0 Å². The minimum atomic E-state index is -0.455. The SMILES string of the molecule is Cc1c(Cl)c([O])c(Cc2ccc3c(Cl)cccc3c2)c(O)c1C=O. The van der Waals surface area contributed by atoms with Gasteiger partial charge >= 0.3 is 0 Å². The van der Waals surface area contributed by atoms with Crippen molar-refractivity contribution in [2.75, 3.05) is 0 Å². The average Bonchev–Trinajstić information content (AvgIpc) is 2.57. The third-order valence-corrected chi connectivity index (χ3v) is 4.92. The maximum absolute atomic E-state index is 12.4. The molecule has 0 unspecified atom stereocenters. The van der Waals surface area contributed by atoms with Crippen LogP contribution in [0.1, 0.15) is 27.0 Å². The Hall–Kier alpha value is -2.23. The highest BCUT2D eigenvalue weighted by molar-refractivity contribution is 6.35. The van der Waals surface area contributed by atoms with Crippen LogP contribution in [0.4, 0.5) is 0 Å². The second-order valence-electron chi connectivity index (χ2n) is 5.60. The fourth-order valence-electron chi connectivity index (χ4n) is 2.78. The minimum Gasteiger partial charge on any atom is -0.507 e. The molecule has 0 saturated heterocycles. The van der Waals surface area contributed by atoms with Crippen molar-refractivity contribution in [2.24, 2.45) is 0 Å². The van der Waals surface area contributed by atoms with E-state index < -0.39 is 5.75 Å². The molecule has 0 aliphatic rings. The molecular weight excluding hydrogens is 347 g/mol. The molecule has 1 N–H and O–H groups in total. The van der Waals surface area contributed by atoms with Crippen LogP contribution in [0.15, 0.2) is 36.4 Å². The molecule has 24 heavy (non-hydrogen) atoms. The zero-order valence-electron chi connectivity index (χ0n) is 12.8. The normalized spacial score (nSPS) is 11.0. The summed E-state index contributed by atoms with van der Waals surface area (Å²) in [4.78, 5) is 11.2. The smallest absolute Gasteiger partial charge is 0.204 e. The molecule has 3 aromatic carbocycles. The Balaban J connectivity index is 2.12. The van der Waals surface area contributed by atoms with Gasteiger partial charge in [0.15, 0.2) is 6.29 Å². The van der Waals surface area contributed by atoms with Crippen LogP contribution in [0.3, 0.4) is 0 Å². The molecule has 3 nitrogen and oxygen atoms in total. The molecule has 3 rings (SSSR count). The van der Waals surface area contributed by atoms with E-state index in [9.17, 15) is 15.0 Å². The number of phenolic OH excluding ortho intramolecular Hbond substituents is 1. The highest BCUT2D eigenvalue weighted by Gasteiger charge is 2.21. The summed E-state index contributed by atoms with van der Waals surface area (Å²) < 4.78 is 0. The van der Waals surface area contributed by atoms with E-state index in [2.05, 4.69) is 0 Å². The Morgan fingerprint density at radius 3 is 2.62 bits per heavy atom. The van der Waals surface area contributed by atoms with Crippen LogP contribution >= 0.6 is 23.2 Å². The number of fused-ring (bicyclic) bond motifs is 1. The van der Waals surface area contributed by atoms with E-state index in [4.69, 9.17) is 23.2 Å². The summed E-state index contributed by atoms with van der Waals surface area (Å²) in [7, 11) is 0. The molecule has 0 fully saturated rings. The summed E-state index contributed by atoms with van der Waals surface area (Å²) in [5, 5.41) is 25.1. The number of hydrogen-bond donors (Lipinski definition) is 1. The van der Waals surface area contributed by atoms with Gasteiger partial charge in [-0.15, -0.1) is 0 Å². The van der Waals surface area contributed by atoms with E-state index in [1.165, 1.54) is 6.92 Å². The summed E-state index contributed by atoms with van der Waals surface area (Å²) >= 11 is 12.2. The maximum atomic E-state index is 12.4. The van der Waals surface area contributed by atoms with Gasteiger partial charge in [0.2, 0.25) is 5.75 Å². The maximum Gasteiger partial charge on any atom is 0.204 e. The van der Waals surface area contributed by atoms with Crippen LogP contribution in [0, 0.1) is 6.92 Å². The molecule has 121 valence electrons. The van der Waals surface area contributed by atoms with Crippen molar-refractivity contribution in [3.63, 3.8) is 0 Å². The lowest BCUT2D eigenvalue weighted by Gasteiger charge is -2.13. The number of carbonyl (C=O) groups is 1. The van der Waals surface area contributed by atoms with Crippen LogP contribution in [0.5, 0.6) is 11.5 Å².